The number of furan rings is 1. The van der Waals surface area contributed by atoms with Crippen LogP contribution in [-0.2, 0) is 0 Å². The highest BCUT2D eigenvalue weighted by molar-refractivity contribution is 6.25. The number of fused-ring (bicyclic) bond motifs is 7. The van der Waals surface area contributed by atoms with E-state index in [0.29, 0.717) is 0 Å². The molecule has 1 nitrogen and oxygen atoms in total. The van der Waals surface area contributed by atoms with Gasteiger partial charge in [-0.05, 0) is 79.7 Å². The average molecular weight is 487 g/mol. The predicted molar refractivity (Wildman–Crippen MR) is 164 cm³/mol. The Morgan fingerprint density at radius 3 is 1.66 bits per heavy atom. The smallest absolute Gasteiger partial charge is 0.134 e. The minimum atomic E-state index is 0.900. The molecule has 7 rings (SSSR count). The van der Waals surface area contributed by atoms with Crippen molar-refractivity contribution in [1.82, 2.24) is 0 Å². The second-order valence-electron chi connectivity index (χ2n) is 9.77. The molecule has 0 saturated heterocycles. The molecular weight excluding hydrogens is 460 g/mol. The largest absolute Gasteiger partial charge is 0.461 e. The number of rotatable bonds is 4. The van der Waals surface area contributed by atoms with Crippen LogP contribution >= 0.6 is 0 Å². The Bertz CT molecular complexity index is 2020. The highest BCUT2D eigenvalue weighted by atomic mass is 16.3. The molecule has 0 saturated carbocycles. The number of hydrogen-bond acceptors (Lipinski definition) is 1. The van der Waals surface area contributed by atoms with Gasteiger partial charge in [0.1, 0.15) is 11.3 Å². The Labute approximate surface area is 222 Å². The molecule has 6 aromatic carbocycles. The van der Waals surface area contributed by atoms with Crippen LogP contribution in [0.15, 0.2) is 132 Å². The van der Waals surface area contributed by atoms with E-state index < -0.39 is 0 Å². The third-order valence-corrected chi connectivity index (χ3v) is 7.60. The van der Waals surface area contributed by atoms with Crippen LogP contribution in [0.1, 0.15) is 11.3 Å². The molecule has 1 heteroatoms. The minimum absolute atomic E-state index is 0.900. The van der Waals surface area contributed by atoms with Crippen LogP contribution in [-0.4, -0.2) is 0 Å². The van der Waals surface area contributed by atoms with Gasteiger partial charge in [-0.3, -0.25) is 0 Å². The molecule has 0 N–H and O–H groups in total. The molecule has 38 heavy (non-hydrogen) atoms. The van der Waals surface area contributed by atoms with Gasteiger partial charge in [-0.1, -0.05) is 116 Å². The molecule has 0 unspecified atom stereocenters. The van der Waals surface area contributed by atoms with Crippen LogP contribution in [0.4, 0.5) is 0 Å². The molecule has 0 fully saturated rings. The molecule has 0 aliphatic carbocycles. The van der Waals surface area contributed by atoms with Gasteiger partial charge < -0.3 is 4.42 Å². The second-order valence-corrected chi connectivity index (χ2v) is 9.77. The molecule has 0 atom stereocenters. The number of aryl methyl sites for hydroxylation is 1. The first-order valence-electron chi connectivity index (χ1n) is 13.0. The normalized spacial score (nSPS) is 11.8. The quantitative estimate of drug-likeness (QED) is 0.178. The van der Waals surface area contributed by atoms with Crippen molar-refractivity contribution in [2.75, 3.05) is 0 Å². The van der Waals surface area contributed by atoms with Crippen molar-refractivity contribution in [3.63, 3.8) is 0 Å². The van der Waals surface area contributed by atoms with Crippen molar-refractivity contribution in [3.05, 3.63) is 139 Å². The molecule has 0 radical (unpaired) electrons. The molecular formula is C37H26O. The van der Waals surface area contributed by atoms with E-state index in [-0.39, 0.29) is 0 Å². The summed E-state index contributed by atoms with van der Waals surface area (Å²) in [5.41, 5.74) is 6.81. The average Bonchev–Trinajstić information content (AvgIpc) is 3.29. The Hall–Kier alpha value is -4.88. The molecule has 0 spiro atoms. The fraction of sp³-hybridized carbons (Fsp3) is 0.0270. The fourth-order valence-corrected chi connectivity index (χ4v) is 5.84. The van der Waals surface area contributed by atoms with Crippen molar-refractivity contribution in [2.45, 2.75) is 6.92 Å². The van der Waals surface area contributed by atoms with Crippen molar-refractivity contribution < 1.29 is 4.42 Å². The summed E-state index contributed by atoms with van der Waals surface area (Å²) in [5.74, 6) is 0.914. The highest BCUT2D eigenvalue weighted by Gasteiger charge is 2.14. The summed E-state index contributed by atoms with van der Waals surface area (Å²) in [6.07, 6.45) is 5.83. The van der Waals surface area contributed by atoms with Gasteiger partial charge in [-0.25, -0.2) is 0 Å². The summed E-state index contributed by atoms with van der Waals surface area (Å²) in [6.45, 7) is 5.83. The number of benzene rings is 6. The molecule has 0 aliphatic rings. The van der Waals surface area contributed by atoms with Gasteiger partial charge in [0.25, 0.3) is 0 Å². The molecule has 0 bridgehead atoms. The molecule has 1 heterocycles. The lowest BCUT2D eigenvalue weighted by molar-refractivity contribution is 0.577. The maximum atomic E-state index is 6.04. The standard InChI is InChI=1S/C37H26O/c1-3-4-11-27-24(2)38-37-21-19-26(23-36(27)37)29-13-6-5-12-28(29)25-18-20-34-32-16-8-7-14-30(32)31-15-9-10-17-33(31)35(34)22-25/h3-23H,1H2,2H3/b11-4-. The second kappa shape index (κ2) is 8.90. The minimum Gasteiger partial charge on any atom is -0.461 e. The van der Waals surface area contributed by atoms with Crippen molar-refractivity contribution in [2.24, 2.45) is 0 Å². The van der Waals surface area contributed by atoms with Gasteiger partial charge in [0.15, 0.2) is 0 Å². The summed E-state index contributed by atoms with van der Waals surface area (Å²) in [6, 6.07) is 39.6. The lowest BCUT2D eigenvalue weighted by Gasteiger charge is -2.14. The van der Waals surface area contributed by atoms with Crippen LogP contribution in [0.3, 0.4) is 0 Å². The Balaban J connectivity index is 1.46. The first kappa shape index (κ1) is 22.3. The molecule has 0 aliphatic heterocycles. The summed E-state index contributed by atoms with van der Waals surface area (Å²) in [5, 5.41) is 8.86. The zero-order valence-electron chi connectivity index (χ0n) is 21.2. The van der Waals surface area contributed by atoms with Gasteiger partial charge in [-0.2, -0.15) is 0 Å². The van der Waals surface area contributed by atoms with E-state index in [1.54, 1.807) is 6.08 Å². The third kappa shape index (κ3) is 3.48. The van der Waals surface area contributed by atoms with Gasteiger partial charge in [0, 0.05) is 10.9 Å². The maximum Gasteiger partial charge on any atom is 0.134 e. The van der Waals surface area contributed by atoms with E-state index in [4.69, 9.17) is 4.42 Å². The van der Waals surface area contributed by atoms with Crippen LogP contribution in [0, 0.1) is 6.92 Å². The van der Waals surface area contributed by atoms with Gasteiger partial charge in [-0.15, -0.1) is 0 Å². The highest BCUT2D eigenvalue weighted by Crippen LogP contribution is 2.40. The topological polar surface area (TPSA) is 13.1 Å². The molecule has 180 valence electrons. The number of allylic oxidation sites excluding steroid dienone is 2. The van der Waals surface area contributed by atoms with Gasteiger partial charge in [0.2, 0.25) is 0 Å². The lowest BCUT2D eigenvalue weighted by atomic mass is 9.89. The number of hydrogen-bond donors (Lipinski definition) is 0. The Morgan fingerprint density at radius 2 is 1.05 bits per heavy atom. The van der Waals surface area contributed by atoms with Crippen molar-refractivity contribution in [1.29, 1.82) is 0 Å². The van der Waals surface area contributed by atoms with Crippen molar-refractivity contribution in [3.8, 4) is 22.3 Å². The lowest BCUT2D eigenvalue weighted by Crippen LogP contribution is -1.88. The van der Waals surface area contributed by atoms with E-state index in [2.05, 4.69) is 122 Å². The van der Waals surface area contributed by atoms with E-state index in [1.165, 1.54) is 54.6 Å². The Kier molecular flexibility index (Phi) is 5.23. The molecule has 7 aromatic rings. The van der Waals surface area contributed by atoms with E-state index in [9.17, 15) is 0 Å². The van der Waals surface area contributed by atoms with Crippen LogP contribution in [0.2, 0.25) is 0 Å². The van der Waals surface area contributed by atoms with Gasteiger partial charge >= 0.3 is 0 Å². The van der Waals surface area contributed by atoms with E-state index in [1.807, 2.05) is 13.0 Å². The van der Waals surface area contributed by atoms with Crippen LogP contribution in [0.5, 0.6) is 0 Å². The Morgan fingerprint density at radius 1 is 0.553 bits per heavy atom. The zero-order chi connectivity index (χ0) is 25.6. The van der Waals surface area contributed by atoms with Gasteiger partial charge in [0.05, 0.1) is 0 Å². The third-order valence-electron chi connectivity index (χ3n) is 7.60. The SMILES string of the molecule is C=C/C=C\c1c(C)oc2ccc(-c3ccccc3-c3ccc4c5ccccc5c5ccccc5c4c3)cc12. The first-order valence-corrected chi connectivity index (χ1v) is 13.0. The summed E-state index contributed by atoms with van der Waals surface area (Å²) >= 11 is 0. The summed E-state index contributed by atoms with van der Waals surface area (Å²) < 4.78 is 6.04. The molecule has 0 amide bonds. The van der Waals surface area contributed by atoms with Crippen LogP contribution < -0.4 is 0 Å². The molecule has 1 aromatic heterocycles. The first-order chi connectivity index (χ1) is 18.7. The van der Waals surface area contributed by atoms with Crippen molar-refractivity contribution >= 4 is 49.4 Å². The maximum absolute atomic E-state index is 6.04. The summed E-state index contributed by atoms with van der Waals surface area (Å²) in [7, 11) is 0. The zero-order valence-corrected chi connectivity index (χ0v) is 21.2. The van der Waals surface area contributed by atoms with E-state index >= 15 is 0 Å². The van der Waals surface area contributed by atoms with Crippen LogP contribution in [0.25, 0.3) is 71.6 Å². The van der Waals surface area contributed by atoms with E-state index in [0.717, 1.165) is 22.3 Å². The predicted octanol–water partition coefficient (Wildman–Crippen LogP) is 10.7. The fourth-order valence-electron chi connectivity index (χ4n) is 5.84. The summed E-state index contributed by atoms with van der Waals surface area (Å²) in [4.78, 5) is 0. The monoisotopic (exact) mass is 486 g/mol.